The van der Waals surface area contributed by atoms with E-state index in [0.29, 0.717) is 33.4 Å². The van der Waals surface area contributed by atoms with Gasteiger partial charge in [0, 0.05) is 24.1 Å². The molecule has 0 saturated carbocycles. The lowest BCUT2D eigenvalue weighted by atomic mass is 10.0. The van der Waals surface area contributed by atoms with Gasteiger partial charge in [-0.1, -0.05) is 18.2 Å². The summed E-state index contributed by atoms with van der Waals surface area (Å²) in [4.78, 5) is 17.5. The van der Waals surface area contributed by atoms with Crippen molar-refractivity contribution in [3.63, 3.8) is 0 Å². The van der Waals surface area contributed by atoms with Gasteiger partial charge in [0.2, 0.25) is 0 Å². The number of amides is 1. The molecule has 28 heavy (non-hydrogen) atoms. The molecular weight excluding hydrogens is 376 g/mol. The summed E-state index contributed by atoms with van der Waals surface area (Å²) in [6.45, 7) is 0. The van der Waals surface area contributed by atoms with Crippen LogP contribution in [0.15, 0.2) is 48.5 Å². The molecule has 1 amide bonds. The lowest BCUT2D eigenvalue weighted by Crippen LogP contribution is -2.45. The highest BCUT2D eigenvalue weighted by atomic mass is 32.1. The summed E-state index contributed by atoms with van der Waals surface area (Å²) >= 11 is 5.00. The van der Waals surface area contributed by atoms with Gasteiger partial charge in [0.05, 0.1) is 31.0 Å². The largest absolute Gasteiger partial charge is 0.497 e. The van der Waals surface area contributed by atoms with Crippen LogP contribution in [0, 0.1) is 0 Å². The fraction of sp³-hybridized carbons (Fsp3) is 0.150. The maximum atomic E-state index is 12.8. The number of aromatic nitrogens is 1. The van der Waals surface area contributed by atoms with Crippen LogP contribution in [0.1, 0.15) is 10.4 Å². The summed E-state index contributed by atoms with van der Waals surface area (Å²) in [6.07, 6.45) is 0. The molecule has 0 saturated heterocycles. The summed E-state index contributed by atoms with van der Waals surface area (Å²) in [5.74, 6) is 0.942. The number of ether oxygens (including phenoxy) is 2. The van der Waals surface area contributed by atoms with Crippen LogP contribution in [0.5, 0.6) is 11.5 Å². The number of nitrogens with zero attached hydrogens (tertiary/aromatic N) is 1. The molecule has 0 bridgehead atoms. The van der Waals surface area contributed by atoms with Crippen molar-refractivity contribution in [3.05, 3.63) is 54.1 Å². The molecule has 1 aromatic heterocycles. The Kier molecular flexibility index (Phi) is 5.90. The number of pyridine rings is 1. The summed E-state index contributed by atoms with van der Waals surface area (Å²) in [7, 11) is 4.83. The minimum absolute atomic E-state index is 0.309. The number of hydrogen-bond acceptors (Lipinski definition) is 5. The van der Waals surface area contributed by atoms with E-state index in [0.717, 1.165) is 10.9 Å². The van der Waals surface area contributed by atoms with Crippen molar-refractivity contribution in [2.75, 3.05) is 21.3 Å². The number of fused-ring (bicyclic) bond motifs is 1. The molecule has 8 heteroatoms. The number of hydrazine groups is 1. The van der Waals surface area contributed by atoms with Crippen molar-refractivity contribution in [1.82, 2.24) is 21.2 Å². The monoisotopic (exact) mass is 396 g/mol. The smallest absolute Gasteiger partial charge is 0.270 e. The third-order valence-corrected chi connectivity index (χ3v) is 4.47. The molecule has 144 valence electrons. The van der Waals surface area contributed by atoms with Gasteiger partial charge in [0.25, 0.3) is 5.91 Å². The van der Waals surface area contributed by atoms with Crippen LogP contribution >= 0.6 is 12.2 Å². The number of thiocarbonyl (C=S) groups is 1. The van der Waals surface area contributed by atoms with E-state index >= 15 is 0 Å². The molecule has 0 aliphatic rings. The van der Waals surface area contributed by atoms with Crippen LogP contribution in [-0.2, 0) is 0 Å². The Bertz CT molecular complexity index is 1040. The summed E-state index contributed by atoms with van der Waals surface area (Å²) in [5.41, 5.74) is 7.77. The topological polar surface area (TPSA) is 84.5 Å². The summed E-state index contributed by atoms with van der Waals surface area (Å²) < 4.78 is 10.7. The zero-order valence-electron chi connectivity index (χ0n) is 15.7. The zero-order valence-corrected chi connectivity index (χ0v) is 16.5. The van der Waals surface area contributed by atoms with Gasteiger partial charge in [-0.05, 0) is 36.5 Å². The number of benzene rings is 2. The number of rotatable bonds is 4. The average molecular weight is 396 g/mol. The molecule has 7 nitrogen and oxygen atoms in total. The molecule has 0 unspecified atom stereocenters. The molecular formula is C20H20N4O3S. The molecule has 2 aromatic carbocycles. The van der Waals surface area contributed by atoms with Gasteiger partial charge >= 0.3 is 0 Å². The van der Waals surface area contributed by atoms with E-state index in [2.05, 4.69) is 16.2 Å². The maximum absolute atomic E-state index is 12.8. The quantitative estimate of drug-likeness (QED) is 0.462. The first kappa shape index (κ1) is 19.4. The number of para-hydroxylation sites is 1. The lowest BCUT2D eigenvalue weighted by molar-refractivity contribution is 0.0945. The third-order valence-electron chi connectivity index (χ3n) is 4.16. The van der Waals surface area contributed by atoms with Gasteiger partial charge in [0.15, 0.2) is 5.11 Å². The molecule has 3 aromatic rings. The Morgan fingerprint density at radius 1 is 1.04 bits per heavy atom. The van der Waals surface area contributed by atoms with E-state index in [1.807, 2.05) is 36.4 Å². The number of carbonyl (C=O) groups excluding carboxylic acids is 1. The van der Waals surface area contributed by atoms with Crippen LogP contribution < -0.4 is 25.6 Å². The van der Waals surface area contributed by atoms with Crippen LogP contribution in [0.2, 0.25) is 0 Å². The predicted octanol–water partition coefficient (Wildman–Crippen LogP) is 2.66. The zero-order chi connectivity index (χ0) is 20.1. The lowest BCUT2D eigenvalue weighted by Gasteiger charge is -2.14. The van der Waals surface area contributed by atoms with Crippen molar-refractivity contribution < 1.29 is 14.3 Å². The Hall–Kier alpha value is -3.39. The minimum atomic E-state index is -0.329. The van der Waals surface area contributed by atoms with E-state index in [9.17, 15) is 4.79 Å². The van der Waals surface area contributed by atoms with E-state index in [4.69, 9.17) is 26.7 Å². The van der Waals surface area contributed by atoms with Crippen molar-refractivity contribution in [1.29, 1.82) is 0 Å². The average Bonchev–Trinajstić information content (AvgIpc) is 2.75. The number of methoxy groups -OCH3 is 2. The van der Waals surface area contributed by atoms with Gasteiger partial charge in [-0.25, -0.2) is 4.98 Å². The fourth-order valence-corrected chi connectivity index (χ4v) is 2.81. The second-order valence-corrected chi connectivity index (χ2v) is 6.20. The van der Waals surface area contributed by atoms with Gasteiger partial charge in [-0.3, -0.25) is 15.6 Å². The molecule has 0 aliphatic carbocycles. The van der Waals surface area contributed by atoms with Crippen molar-refractivity contribution in [2.45, 2.75) is 0 Å². The predicted molar refractivity (Wildman–Crippen MR) is 113 cm³/mol. The highest BCUT2D eigenvalue weighted by molar-refractivity contribution is 7.80. The minimum Gasteiger partial charge on any atom is -0.497 e. The van der Waals surface area contributed by atoms with Gasteiger partial charge in [-0.15, -0.1) is 0 Å². The van der Waals surface area contributed by atoms with Crippen LogP contribution in [0.4, 0.5) is 0 Å². The third kappa shape index (κ3) is 3.96. The van der Waals surface area contributed by atoms with Crippen LogP contribution in [0.25, 0.3) is 22.2 Å². The van der Waals surface area contributed by atoms with Crippen molar-refractivity contribution in [2.24, 2.45) is 0 Å². The van der Waals surface area contributed by atoms with Crippen LogP contribution in [0.3, 0.4) is 0 Å². The first-order valence-corrected chi connectivity index (χ1v) is 8.88. The van der Waals surface area contributed by atoms with Gasteiger partial charge in [0.1, 0.15) is 11.5 Å². The van der Waals surface area contributed by atoms with Crippen molar-refractivity contribution >= 4 is 34.1 Å². The Morgan fingerprint density at radius 2 is 1.82 bits per heavy atom. The molecule has 1 heterocycles. The molecule has 0 fully saturated rings. The number of nitrogens with one attached hydrogen (secondary N) is 3. The molecule has 3 N–H and O–H groups in total. The van der Waals surface area contributed by atoms with E-state index in [1.54, 1.807) is 33.4 Å². The molecule has 3 rings (SSSR count). The molecule has 0 atom stereocenters. The van der Waals surface area contributed by atoms with E-state index in [-0.39, 0.29) is 5.91 Å². The maximum Gasteiger partial charge on any atom is 0.270 e. The fourth-order valence-electron chi connectivity index (χ4n) is 2.75. The highest BCUT2D eigenvalue weighted by Gasteiger charge is 2.16. The van der Waals surface area contributed by atoms with E-state index in [1.165, 1.54) is 0 Å². The number of carbonyl (C=O) groups is 1. The summed E-state index contributed by atoms with van der Waals surface area (Å²) in [5, 5.41) is 3.78. The van der Waals surface area contributed by atoms with Gasteiger partial charge in [-0.2, -0.15) is 0 Å². The van der Waals surface area contributed by atoms with Gasteiger partial charge < -0.3 is 14.8 Å². The molecule has 0 radical (unpaired) electrons. The second kappa shape index (κ2) is 8.53. The normalized spacial score (nSPS) is 10.2. The summed E-state index contributed by atoms with van der Waals surface area (Å²) in [6, 6.07) is 14.6. The Balaban J connectivity index is 2.10. The number of hydrogen-bond donors (Lipinski definition) is 3. The Labute approximate surface area is 168 Å². The van der Waals surface area contributed by atoms with E-state index < -0.39 is 0 Å². The highest BCUT2D eigenvalue weighted by Crippen LogP contribution is 2.34. The Morgan fingerprint density at radius 3 is 2.54 bits per heavy atom. The van der Waals surface area contributed by atoms with Crippen LogP contribution in [-0.4, -0.2) is 37.3 Å². The SMILES string of the molecule is CNC(=S)NNC(=O)c1cc(-c2ccc(OC)cc2OC)nc2ccccc12. The molecule has 0 aliphatic heterocycles. The standard InChI is InChI=1S/C20H20N4O3S/c1-21-20(28)24-23-19(25)15-11-17(22-16-7-5-4-6-13(15)16)14-9-8-12(26-2)10-18(14)27-3/h4-11H,1-3H3,(H,23,25)(H2,21,24,28). The first-order chi connectivity index (χ1) is 13.6. The van der Waals surface area contributed by atoms with Crippen molar-refractivity contribution in [3.8, 4) is 22.8 Å². The molecule has 0 spiro atoms. The second-order valence-electron chi connectivity index (χ2n) is 5.80. The first-order valence-electron chi connectivity index (χ1n) is 8.47.